The third-order valence-corrected chi connectivity index (χ3v) is 4.33. The average molecular weight is 375 g/mol. The number of rotatable bonds is 3. The predicted octanol–water partition coefficient (Wildman–Crippen LogP) is 2.40. The molecule has 3 aromatic rings. The van der Waals surface area contributed by atoms with Crippen LogP contribution in [0.15, 0.2) is 48.8 Å². The molecule has 1 aliphatic heterocycles. The molecule has 27 heavy (non-hydrogen) atoms. The number of anilines is 2. The van der Waals surface area contributed by atoms with Gasteiger partial charge in [0, 0.05) is 38.6 Å². The summed E-state index contributed by atoms with van der Waals surface area (Å²) in [7, 11) is 0. The fourth-order valence-corrected chi connectivity index (χ4v) is 2.94. The topological polar surface area (TPSA) is 63.0 Å². The number of nitrogens with zero attached hydrogens (tertiary/aromatic N) is 7. The molecule has 0 aromatic carbocycles. The van der Waals surface area contributed by atoms with Crippen LogP contribution in [0.1, 0.15) is 5.69 Å². The van der Waals surface area contributed by atoms with E-state index in [1.807, 2.05) is 21.9 Å². The van der Waals surface area contributed by atoms with Crippen LogP contribution in [0, 0.1) is 0 Å². The van der Waals surface area contributed by atoms with Crippen molar-refractivity contribution < 1.29 is 13.2 Å². The highest BCUT2D eigenvalue weighted by Gasteiger charge is 2.33. The predicted molar refractivity (Wildman–Crippen MR) is 92.8 cm³/mol. The van der Waals surface area contributed by atoms with E-state index in [-0.39, 0.29) is 0 Å². The highest BCUT2D eigenvalue weighted by atomic mass is 19.4. The van der Waals surface area contributed by atoms with Crippen molar-refractivity contribution in [3.05, 3.63) is 54.5 Å². The van der Waals surface area contributed by atoms with Crippen LogP contribution in [0.2, 0.25) is 0 Å². The van der Waals surface area contributed by atoms with Crippen LogP contribution < -0.4 is 9.80 Å². The van der Waals surface area contributed by atoms with Gasteiger partial charge in [-0.2, -0.15) is 18.3 Å². The van der Waals surface area contributed by atoms with Crippen molar-refractivity contribution in [2.75, 3.05) is 36.0 Å². The second-order valence-electron chi connectivity index (χ2n) is 6.05. The molecule has 4 heterocycles. The van der Waals surface area contributed by atoms with E-state index in [1.165, 1.54) is 6.07 Å². The third kappa shape index (κ3) is 3.69. The summed E-state index contributed by atoms with van der Waals surface area (Å²) in [5.41, 5.74) is -0.873. The van der Waals surface area contributed by atoms with Gasteiger partial charge in [0.2, 0.25) is 0 Å². The van der Waals surface area contributed by atoms with Crippen molar-refractivity contribution in [3.63, 3.8) is 0 Å². The van der Waals surface area contributed by atoms with Crippen LogP contribution in [0.25, 0.3) is 5.82 Å². The van der Waals surface area contributed by atoms with Crippen LogP contribution in [0.5, 0.6) is 0 Å². The smallest absolute Gasteiger partial charge is 0.353 e. The zero-order valence-electron chi connectivity index (χ0n) is 14.2. The van der Waals surface area contributed by atoms with Crippen LogP contribution >= 0.6 is 0 Å². The minimum absolute atomic E-state index is 0.338. The number of halogens is 3. The number of hydrogen-bond acceptors (Lipinski definition) is 6. The summed E-state index contributed by atoms with van der Waals surface area (Å²) in [5.74, 6) is 1.68. The van der Waals surface area contributed by atoms with E-state index >= 15 is 0 Å². The monoisotopic (exact) mass is 375 g/mol. The van der Waals surface area contributed by atoms with E-state index in [4.69, 9.17) is 0 Å². The van der Waals surface area contributed by atoms with Gasteiger partial charge in [-0.1, -0.05) is 6.07 Å². The molecule has 0 saturated carbocycles. The lowest BCUT2D eigenvalue weighted by atomic mass is 10.2. The van der Waals surface area contributed by atoms with E-state index in [0.717, 1.165) is 11.9 Å². The molecule has 1 fully saturated rings. The summed E-state index contributed by atoms with van der Waals surface area (Å²) in [6.45, 7) is 2.34. The van der Waals surface area contributed by atoms with Crippen molar-refractivity contribution in [2.24, 2.45) is 0 Å². The molecule has 0 unspecified atom stereocenters. The van der Waals surface area contributed by atoms with Crippen LogP contribution in [-0.4, -0.2) is 51.1 Å². The van der Waals surface area contributed by atoms with Crippen molar-refractivity contribution in [3.8, 4) is 5.82 Å². The van der Waals surface area contributed by atoms with Crippen LogP contribution in [0.3, 0.4) is 0 Å². The van der Waals surface area contributed by atoms with Crippen LogP contribution in [0.4, 0.5) is 24.8 Å². The second-order valence-corrected chi connectivity index (χ2v) is 6.05. The first kappa shape index (κ1) is 17.3. The lowest BCUT2D eigenvalue weighted by Crippen LogP contribution is -2.47. The zero-order valence-corrected chi connectivity index (χ0v) is 14.2. The quantitative estimate of drug-likeness (QED) is 0.701. The highest BCUT2D eigenvalue weighted by Crippen LogP contribution is 2.29. The van der Waals surface area contributed by atoms with Gasteiger partial charge in [0.05, 0.1) is 0 Å². The summed E-state index contributed by atoms with van der Waals surface area (Å²) in [4.78, 5) is 7.64. The van der Waals surface area contributed by atoms with E-state index in [2.05, 4.69) is 20.3 Å². The Morgan fingerprint density at radius 1 is 0.778 bits per heavy atom. The Hall–Kier alpha value is -3.17. The van der Waals surface area contributed by atoms with E-state index in [1.54, 1.807) is 29.2 Å². The molecule has 0 atom stereocenters. The van der Waals surface area contributed by atoms with Gasteiger partial charge in [-0.25, -0.2) is 9.67 Å². The molecule has 1 aliphatic rings. The fraction of sp³-hybridized carbons (Fsp3) is 0.294. The Bertz CT molecular complexity index is 886. The zero-order chi connectivity index (χ0) is 18.9. The minimum Gasteiger partial charge on any atom is -0.353 e. The highest BCUT2D eigenvalue weighted by molar-refractivity contribution is 5.45. The van der Waals surface area contributed by atoms with Gasteiger partial charge in [0.25, 0.3) is 0 Å². The molecule has 3 aromatic heterocycles. The second kappa shape index (κ2) is 6.86. The van der Waals surface area contributed by atoms with Crippen molar-refractivity contribution in [1.82, 2.24) is 25.0 Å². The number of alkyl halides is 3. The normalized spacial score (nSPS) is 15.2. The van der Waals surface area contributed by atoms with Crippen molar-refractivity contribution in [1.29, 1.82) is 0 Å². The van der Waals surface area contributed by atoms with Gasteiger partial charge in [0.1, 0.15) is 11.5 Å². The molecule has 0 bridgehead atoms. The molecular weight excluding hydrogens is 359 g/mol. The number of aromatic nitrogens is 5. The summed E-state index contributed by atoms with van der Waals surface area (Å²) < 4.78 is 40.1. The molecule has 10 heteroatoms. The first-order valence-electron chi connectivity index (χ1n) is 8.38. The van der Waals surface area contributed by atoms with Gasteiger partial charge in [0.15, 0.2) is 11.6 Å². The fourth-order valence-electron chi connectivity index (χ4n) is 2.94. The Morgan fingerprint density at radius 3 is 2.04 bits per heavy atom. The molecule has 1 saturated heterocycles. The molecule has 0 amide bonds. The number of hydrogen-bond donors (Lipinski definition) is 0. The van der Waals surface area contributed by atoms with Crippen molar-refractivity contribution in [2.45, 2.75) is 6.18 Å². The molecule has 0 N–H and O–H groups in total. The molecule has 0 radical (unpaired) electrons. The van der Waals surface area contributed by atoms with Gasteiger partial charge in [-0.15, -0.1) is 10.2 Å². The third-order valence-electron chi connectivity index (χ3n) is 4.33. The minimum atomic E-state index is -4.44. The standard InChI is InChI=1S/C17H16F3N7/c18-17(19,20)13-3-1-4-14(22-13)25-9-11-26(12-10-25)15-5-6-16(24-23-15)27-8-2-7-21-27/h1-8H,9-12H2. The number of piperazine rings is 1. The lowest BCUT2D eigenvalue weighted by Gasteiger charge is -2.36. The summed E-state index contributed by atoms with van der Waals surface area (Å²) in [6, 6.07) is 9.46. The van der Waals surface area contributed by atoms with Crippen LogP contribution in [-0.2, 0) is 6.18 Å². The summed E-state index contributed by atoms with van der Waals surface area (Å²) >= 11 is 0. The molecule has 7 nitrogen and oxygen atoms in total. The maximum Gasteiger partial charge on any atom is 0.433 e. The molecule has 140 valence electrons. The first-order chi connectivity index (χ1) is 13.0. The summed E-state index contributed by atoms with van der Waals surface area (Å²) in [5, 5.41) is 12.5. The molecule has 0 aliphatic carbocycles. The maximum absolute atomic E-state index is 12.8. The van der Waals surface area contributed by atoms with E-state index in [9.17, 15) is 13.2 Å². The Labute approximate surface area is 153 Å². The SMILES string of the molecule is FC(F)(F)c1cccc(N2CCN(c3ccc(-n4cccn4)nn3)CC2)n1. The van der Waals surface area contributed by atoms with E-state index in [0.29, 0.717) is 37.8 Å². The Kier molecular flexibility index (Phi) is 4.38. The maximum atomic E-state index is 12.8. The Morgan fingerprint density at radius 2 is 1.44 bits per heavy atom. The van der Waals surface area contributed by atoms with Gasteiger partial charge in [-0.3, -0.25) is 0 Å². The van der Waals surface area contributed by atoms with Gasteiger partial charge < -0.3 is 9.80 Å². The summed E-state index contributed by atoms with van der Waals surface area (Å²) in [6.07, 6.45) is -0.995. The molecular formula is C17H16F3N7. The average Bonchev–Trinajstić information content (AvgIpc) is 3.23. The lowest BCUT2D eigenvalue weighted by molar-refractivity contribution is -0.141. The first-order valence-corrected chi connectivity index (χ1v) is 8.38. The van der Waals surface area contributed by atoms with Crippen molar-refractivity contribution >= 4 is 11.6 Å². The Balaban J connectivity index is 1.42. The molecule has 4 rings (SSSR count). The largest absolute Gasteiger partial charge is 0.433 e. The number of pyridine rings is 1. The van der Waals surface area contributed by atoms with Gasteiger partial charge >= 0.3 is 6.18 Å². The van der Waals surface area contributed by atoms with Gasteiger partial charge in [-0.05, 0) is 30.3 Å². The molecule has 0 spiro atoms. The van der Waals surface area contributed by atoms with E-state index < -0.39 is 11.9 Å².